The number of carboxylic acids is 1. The number of aromatic carboxylic acids is 1. The first kappa shape index (κ1) is 10.8. The van der Waals surface area contributed by atoms with Crippen LogP contribution in [-0.2, 0) is 4.79 Å². The normalized spacial score (nSPS) is 14.4. The van der Waals surface area contributed by atoms with Crippen LogP contribution in [0.3, 0.4) is 0 Å². The predicted molar refractivity (Wildman–Crippen MR) is 60.3 cm³/mol. The lowest BCUT2D eigenvalue weighted by Gasteiger charge is -2.28. The standard InChI is InChI=1S/C10H9ClN2O3/c1-13-4-8(14)12-7-3-5(11)2-6(9(7)13)10(15)16/h2-3H,4H2,1H3,(H,12,14)(H,15,16). The Bertz CT molecular complexity index is 487. The highest BCUT2D eigenvalue weighted by atomic mass is 35.5. The van der Waals surface area contributed by atoms with Crippen LogP contribution in [0.4, 0.5) is 11.4 Å². The van der Waals surface area contributed by atoms with Crippen molar-refractivity contribution in [3.05, 3.63) is 22.7 Å². The molecule has 84 valence electrons. The summed E-state index contributed by atoms with van der Waals surface area (Å²) in [5, 5.41) is 11.9. The molecular formula is C10H9ClN2O3. The Labute approximate surface area is 96.6 Å². The summed E-state index contributed by atoms with van der Waals surface area (Å²) in [5.41, 5.74) is 1.00. The molecule has 1 heterocycles. The van der Waals surface area contributed by atoms with Crippen molar-refractivity contribution < 1.29 is 14.7 Å². The number of carbonyl (C=O) groups is 2. The molecule has 0 unspecified atom stereocenters. The number of hydrogen-bond donors (Lipinski definition) is 2. The molecule has 0 fully saturated rings. The third-order valence-electron chi connectivity index (χ3n) is 2.34. The molecule has 0 saturated carbocycles. The predicted octanol–water partition coefficient (Wildman–Crippen LogP) is 1.43. The summed E-state index contributed by atoms with van der Waals surface area (Å²) < 4.78 is 0. The highest BCUT2D eigenvalue weighted by molar-refractivity contribution is 6.31. The van der Waals surface area contributed by atoms with Crippen LogP contribution in [-0.4, -0.2) is 30.6 Å². The number of carbonyl (C=O) groups excluding carboxylic acids is 1. The lowest BCUT2D eigenvalue weighted by molar-refractivity contribution is -0.115. The number of rotatable bonds is 1. The molecule has 0 spiro atoms. The van der Waals surface area contributed by atoms with Crippen molar-refractivity contribution >= 4 is 34.9 Å². The molecule has 2 N–H and O–H groups in total. The lowest BCUT2D eigenvalue weighted by atomic mass is 10.1. The number of amides is 1. The van der Waals surface area contributed by atoms with Crippen molar-refractivity contribution in [2.24, 2.45) is 0 Å². The first-order valence-corrected chi connectivity index (χ1v) is 4.94. The van der Waals surface area contributed by atoms with E-state index in [0.717, 1.165) is 0 Å². The van der Waals surface area contributed by atoms with Gasteiger partial charge in [-0.3, -0.25) is 4.79 Å². The number of hydrogen-bond acceptors (Lipinski definition) is 3. The van der Waals surface area contributed by atoms with Crippen LogP contribution in [0.2, 0.25) is 5.02 Å². The third kappa shape index (κ3) is 1.69. The van der Waals surface area contributed by atoms with E-state index in [1.165, 1.54) is 12.1 Å². The minimum atomic E-state index is -1.07. The van der Waals surface area contributed by atoms with Crippen molar-refractivity contribution in [3.8, 4) is 0 Å². The summed E-state index contributed by atoms with van der Waals surface area (Å²) in [5.74, 6) is -1.25. The van der Waals surface area contributed by atoms with Crippen LogP contribution >= 0.6 is 11.6 Å². The van der Waals surface area contributed by atoms with Gasteiger partial charge >= 0.3 is 5.97 Å². The molecule has 0 bridgehead atoms. The molecule has 0 aromatic heterocycles. The average molecular weight is 241 g/mol. The quantitative estimate of drug-likeness (QED) is 0.779. The second kappa shape index (κ2) is 3.68. The molecule has 0 aliphatic carbocycles. The first-order chi connectivity index (χ1) is 7.49. The number of anilines is 2. The topological polar surface area (TPSA) is 69.6 Å². The van der Waals surface area contributed by atoms with Gasteiger partial charge in [0.2, 0.25) is 5.91 Å². The van der Waals surface area contributed by atoms with E-state index in [0.29, 0.717) is 11.4 Å². The largest absolute Gasteiger partial charge is 0.478 e. The molecule has 1 aliphatic rings. The minimum Gasteiger partial charge on any atom is -0.478 e. The molecule has 1 aliphatic heterocycles. The van der Waals surface area contributed by atoms with Crippen LogP contribution in [0.15, 0.2) is 12.1 Å². The lowest BCUT2D eigenvalue weighted by Crippen LogP contribution is -2.36. The molecule has 16 heavy (non-hydrogen) atoms. The SMILES string of the molecule is CN1CC(=O)Nc2cc(Cl)cc(C(=O)O)c21. The second-order valence-corrected chi connectivity index (χ2v) is 4.00. The maximum atomic E-state index is 11.3. The van der Waals surface area contributed by atoms with Crippen molar-refractivity contribution in [1.82, 2.24) is 0 Å². The molecular weight excluding hydrogens is 232 g/mol. The smallest absolute Gasteiger partial charge is 0.337 e. The molecule has 6 heteroatoms. The van der Waals surface area contributed by atoms with E-state index in [4.69, 9.17) is 16.7 Å². The maximum absolute atomic E-state index is 11.3. The molecule has 0 atom stereocenters. The Hall–Kier alpha value is -1.75. The van der Waals surface area contributed by atoms with E-state index in [1.807, 2.05) is 0 Å². The Morgan fingerprint density at radius 2 is 2.25 bits per heavy atom. The fourth-order valence-corrected chi connectivity index (χ4v) is 1.97. The highest BCUT2D eigenvalue weighted by Crippen LogP contribution is 2.35. The van der Waals surface area contributed by atoms with Crippen molar-refractivity contribution in [1.29, 1.82) is 0 Å². The molecule has 0 saturated heterocycles. The van der Waals surface area contributed by atoms with E-state index in [-0.39, 0.29) is 23.0 Å². The Balaban J connectivity index is 2.65. The molecule has 2 rings (SSSR count). The van der Waals surface area contributed by atoms with Gasteiger partial charge in [-0.15, -0.1) is 0 Å². The number of fused-ring (bicyclic) bond motifs is 1. The monoisotopic (exact) mass is 240 g/mol. The fraction of sp³-hybridized carbons (Fsp3) is 0.200. The van der Waals surface area contributed by atoms with Gasteiger partial charge in [0.1, 0.15) is 0 Å². The zero-order valence-electron chi connectivity index (χ0n) is 8.45. The number of carboxylic acid groups (broad SMARTS) is 1. The van der Waals surface area contributed by atoms with Crippen LogP contribution < -0.4 is 10.2 Å². The molecule has 1 amide bonds. The number of nitrogens with one attached hydrogen (secondary N) is 1. The molecule has 1 aromatic rings. The number of likely N-dealkylation sites (N-methyl/N-ethyl adjacent to an activating group) is 1. The third-order valence-corrected chi connectivity index (χ3v) is 2.56. The van der Waals surface area contributed by atoms with Crippen LogP contribution in [0.1, 0.15) is 10.4 Å². The maximum Gasteiger partial charge on any atom is 0.337 e. The van der Waals surface area contributed by atoms with Gasteiger partial charge in [-0.2, -0.15) is 0 Å². The zero-order valence-corrected chi connectivity index (χ0v) is 9.21. The Kier molecular flexibility index (Phi) is 2.47. The van der Waals surface area contributed by atoms with Gasteiger partial charge in [0, 0.05) is 12.1 Å². The minimum absolute atomic E-state index is 0.0880. The number of nitrogens with zero attached hydrogens (tertiary/aromatic N) is 1. The molecule has 5 nitrogen and oxygen atoms in total. The number of halogens is 1. The zero-order chi connectivity index (χ0) is 11.9. The Morgan fingerprint density at radius 3 is 2.88 bits per heavy atom. The van der Waals surface area contributed by atoms with Gasteiger partial charge in [-0.1, -0.05) is 11.6 Å². The summed E-state index contributed by atoms with van der Waals surface area (Å²) in [6.45, 7) is 0.134. The summed E-state index contributed by atoms with van der Waals surface area (Å²) in [7, 11) is 1.66. The average Bonchev–Trinajstić information content (AvgIpc) is 2.14. The Morgan fingerprint density at radius 1 is 1.56 bits per heavy atom. The second-order valence-electron chi connectivity index (χ2n) is 3.56. The summed E-state index contributed by atoms with van der Waals surface area (Å²) in [6.07, 6.45) is 0. The fourth-order valence-electron chi connectivity index (χ4n) is 1.75. The van der Waals surface area contributed by atoms with E-state index in [2.05, 4.69) is 5.32 Å². The van der Waals surface area contributed by atoms with Gasteiger partial charge in [-0.25, -0.2) is 4.79 Å². The van der Waals surface area contributed by atoms with Crippen LogP contribution in [0, 0.1) is 0 Å². The summed E-state index contributed by atoms with van der Waals surface area (Å²) in [6, 6.07) is 2.91. The van der Waals surface area contributed by atoms with Gasteiger partial charge < -0.3 is 15.3 Å². The van der Waals surface area contributed by atoms with Gasteiger partial charge in [0.05, 0.1) is 23.5 Å². The van der Waals surface area contributed by atoms with E-state index >= 15 is 0 Å². The van der Waals surface area contributed by atoms with Crippen molar-refractivity contribution in [2.45, 2.75) is 0 Å². The van der Waals surface area contributed by atoms with Gasteiger partial charge in [0.25, 0.3) is 0 Å². The molecule has 0 radical (unpaired) electrons. The van der Waals surface area contributed by atoms with Crippen LogP contribution in [0.25, 0.3) is 0 Å². The van der Waals surface area contributed by atoms with Gasteiger partial charge in [-0.05, 0) is 12.1 Å². The summed E-state index contributed by atoms with van der Waals surface area (Å²) >= 11 is 5.79. The molecule has 1 aromatic carbocycles. The van der Waals surface area contributed by atoms with Crippen molar-refractivity contribution in [2.75, 3.05) is 23.8 Å². The van der Waals surface area contributed by atoms with Crippen LogP contribution in [0.5, 0.6) is 0 Å². The van der Waals surface area contributed by atoms with E-state index < -0.39 is 5.97 Å². The van der Waals surface area contributed by atoms with E-state index in [9.17, 15) is 9.59 Å². The van der Waals surface area contributed by atoms with Crippen molar-refractivity contribution in [3.63, 3.8) is 0 Å². The highest BCUT2D eigenvalue weighted by Gasteiger charge is 2.25. The van der Waals surface area contributed by atoms with Gasteiger partial charge in [0.15, 0.2) is 0 Å². The van der Waals surface area contributed by atoms with E-state index in [1.54, 1.807) is 11.9 Å². The first-order valence-electron chi connectivity index (χ1n) is 4.57. The summed E-state index contributed by atoms with van der Waals surface area (Å²) in [4.78, 5) is 23.9. The number of benzene rings is 1.